The Hall–Kier alpha value is -1.66. The highest BCUT2D eigenvalue weighted by atomic mass is 32.1. The minimum Gasteiger partial charge on any atom is -0.387 e. The number of thiophene rings is 1. The van der Waals surface area contributed by atoms with Gasteiger partial charge in [-0.1, -0.05) is 0 Å². The molecule has 5 nitrogen and oxygen atoms in total. The number of hydrogen-bond acceptors (Lipinski definition) is 5. The van der Waals surface area contributed by atoms with E-state index in [-0.39, 0.29) is 11.9 Å². The number of aromatic nitrogens is 1. The summed E-state index contributed by atoms with van der Waals surface area (Å²) < 4.78 is 1.10. The van der Waals surface area contributed by atoms with E-state index in [0.717, 1.165) is 28.9 Å². The number of nitrogens with zero attached hydrogens (tertiary/aromatic N) is 2. The monoisotopic (exact) mass is 302 g/mol. The van der Waals surface area contributed by atoms with E-state index < -0.39 is 0 Å². The summed E-state index contributed by atoms with van der Waals surface area (Å²) in [5, 5.41) is 9.44. The van der Waals surface area contributed by atoms with Crippen LogP contribution in [0.1, 0.15) is 16.9 Å². The molecule has 21 heavy (non-hydrogen) atoms. The van der Waals surface area contributed by atoms with Gasteiger partial charge in [-0.05, 0) is 24.9 Å². The number of pyridine rings is 1. The van der Waals surface area contributed by atoms with Crippen LogP contribution < -0.4 is 10.6 Å². The molecule has 2 aliphatic heterocycles. The van der Waals surface area contributed by atoms with Crippen molar-refractivity contribution in [2.45, 2.75) is 12.5 Å². The highest BCUT2D eigenvalue weighted by Gasteiger charge is 2.38. The van der Waals surface area contributed by atoms with Crippen molar-refractivity contribution in [3.8, 4) is 0 Å². The summed E-state index contributed by atoms with van der Waals surface area (Å²) in [6.45, 7) is 3.30. The molecule has 2 N–H and O–H groups in total. The SMILES string of the molecule is CNc1csc2cnc(C(=O)NC3CN4CCC3C4)cc12. The van der Waals surface area contributed by atoms with E-state index in [0.29, 0.717) is 11.6 Å². The molecule has 4 rings (SSSR count). The second-order valence-electron chi connectivity index (χ2n) is 5.85. The van der Waals surface area contributed by atoms with Crippen LogP contribution in [0.25, 0.3) is 10.1 Å². The molecule has 2 bridgehead atoms. The number of carbonyl (C=O) groups excluding carboxylic acids is 1. The second kappa shape index (κ2) is 4.96. The summed E-state index contributed by atoms with van der Waals surface area (Å²) in [6, 6.07) is 2.18. The number of hydrogen-bond donors (Lipinski definition) is 2. The lowest BCUT2D eigenvalue weighted by molar-refractivity contribution is 0.0919. The number of carbonyl (C=O) groups is 1. The Balaban J connectivity index is 1.56. The van der Waals surface area contributed by atoms with Crippen LogP contribution in [0.2, 0.25) is 0 Å². The van der Waals surface area contributed by atoms with E-state index in [1.165, 1.54) is 13.0 Å². The molecule has 2 aliphatic rings. The van der Waals surface area contributed by atoms with Crippen LogP contribution in [0.5, 0.6) is 0 Å². The van der Waals surface area contributed by atoms with E-state index in [1.54, 1.807) is 17.5 Å². The van der Waals surface area contributed by atoms with Crippen molar-refractivity contribution in [2.75, 3.05) is 32.0 Å². The number of fused-ring (bicyclic) bond motifs is 3. The first kappa shape index (κ1) is 13.0. The lowest BCUT2D eigenvalue weighted by atomic mass is 10.00. The summed E-state index contributed by atoms with van der Waals surface area (Å²) in [5.74, 6) is 0.565. The third-order valence-electron chi connectivity index (χ3n) is 4.61. The van der Waals surface area contributed by atoms with Crippen LogP contribution >= 0.6 is 11.3 Å². The lowest BCUT2D eigenvalue weighted by Crippen LogP contribution is -2.43. The zero-order valence-electron chi connectivity index (χ0n) is 11.9. The Morgan fingerprint density at radius 3 is 3.10 bits per heavy atom. The molecule has 4 heterocycles. The Morgan fingerprint density at radius 1 is 1.48 bits per heavy atom. The maximum absolute atomic E-state index is 12.4. The summed E-state index contributed by atoms with van der Waals surface area (Å²) >= 11 is 1.64. The largest absolute Gasteiger partial charge is 0.387 e. The second-order valence-corrected chi connectivity index (χ2v) is 6.76. The predicted molar refractivity (Wildman–Crippen MR) is 85.0 cm³/mol. The van der Waals surface area contributed by atoms with Crippen LogP contribution in [0, 0.1) is 5.92 Å². The Kier molecular flexibility index (Phi) is 3.08. The molecular formula is C15H18N4OS. The van der Waals surface area contributed by atoms with Gasteiger partial charge in [0.15, 0.2) is 0 Å². The van der Waals surface area contributed by atoms with Gasteiger partial charge in [-0.25, -0.2) is 4.98 Å². The van der Waals surface area contributed by atoms with E-state index in [1.807, 2.05) is 13.1 Å². The average molecular weight is 302 g/mol. The standard InChI is InChI=1S/C15H18N4OS/c1-16-13-8-21-14-5-17-11(4-10(13)14)15(20)18-12-7-19-3-2-9(12)6-19/h4-5,8-9,12,16H,2-3,6-7H2,1H3,(H,18,20). The summed E-state index contributed by atoms with van der Waals surface area (Å²) in [5.41, 5.74) is 1.56. The molecule has 2 aromatic rings. The molecule has 0 spiro atoms. The summed E-state index contributed by atoms with van der Waals surface area (Å²) in [7, 11) is 1.89. The van der Waals surface area contributed by atoms with Crippen molar-refractivity contribution in [2.24, 2.45) is 5.92 Å². The van der Waals surface area contributed by atoms with Gasteiger partial charge in [0.05, 0.1) is 10.4 Å². The van der Waals surface area contributed by atoms with Crippen LogP contribution in [0.15, 0.2) is 17.6 Å². The molecule has 0 saturated carbocycles. The molecule has 2 aromatic heterocycles. The van der Waals surface area contributed by atoms with Gasteiger partial charge in [-0.3, -0.25) is 4.79 Å². The van der Waals surface area contributed by atoms with E-state index in [9.17, 15) is 4.79 Å². The van der Waals surface area contributed by atoms with E-state index in [2.05, 4.69) is 25.9 Å². The highest BCUT2D eigenvalue weighted by molar-refractivity contribution is 7.17. The quantitative estimate of drug-likeness (QED) is 0.907. The van der Waals surface area contributed by atoms with Gasteiger partial charge >= 0.3 is 0 Å². The molecule has 0 aliphatic carbocycles. The van der Waals surface area contributed by atoms with Crippen molar-refractivity contribution >= 4 is 33.0 Å². The average Bonchev–Trinajstić information content (AvgIpc) is 3.21. The van der Waals surface area contributed by atoms with Gasteiger partial charge in [-0.15, -0.1) is 11.3 Å². The van der Waals surface area contributed by atoms with Crippen molar-refractivity contribution in [1.82, 2.24) is 15.2 Å². The molecule has 110 valence electrons. The fourth-order valence-electron chi connectivity index (χ4n) is 3.44. The molecule has 6 heteroatoms. The third-order valence-corrected chi connectivity index (χ3v) is 5.55. The van der Waals surface area contributed by atoms with Gasteiger partial charge in [-0.2, -0.15) is 0 Å². The Bertz CT molecular complexity index is 698. The van der Waals surface area contributed by atoms with Gasteiger partial charge in [0.2, 0.25) is 0 Å². The Labute approximate surface area is 127 Å². The Morgan fingerprint density at radius 2 is 2.38 bits per heavy atom. The molecule has 0 radical (unpaired) electrons. The zero-order valence-corrected chi connectivity index (χ0v) is 12.7. The van der Waals surface area contributed by atoms with Crippen molar-refractivity contribution < 1.29 is 4.79 Å². The molecular weight excluding hydrogens is 284 g/mol. The number of anilines is 1. The summed E-state index contributed by atoms with van der Waals surface area (Å²) in [6.07, 6.45) is 2.99. The molecule has 1 amide bonds. The number of amides is 1. The molecule has 3 atom stereocenters. The van der Waals surface area contributed by atoms with E-state index >= 15 is 0 Å². The fourth-order valence-corrected chi connectivity index (χ4v) is 4.34. The highest BCUT2D eigenvalue weighted by Crippen LogP contribution is 2.30. The zero-order chi connectivity index (χ0) is 14.4. The first-order valence-corrected chi connectivity index (χ1v) is 8.21. The normalized spacial score (nSPS) is 27.2. The van der Waals surface area contributed by atoms with Gasteiger partial charge in [0.25, 0.3) is 5.91 Å². The van der Waals surface area contributed by atoms with Crippen LogP contribution in [0.4, 0.5) is 5.69 Å². The maximum atomic E-state index is 12.4. The van der Waals surface area contributed by atoms with Crippen LogP contribution in [0.3, 0.4) is 0 Å². The maximum Gasteiger partial charge on any atom is 0.270 e. The number of rotatable bonds is 3. The molecule has 2 saturated heterocycles. The van der Waals surface area contributed by atoms with Crippen molar-refractivity contribution in [3.63, 3.8) is 0 Å². The van der Waals surface area contributed by atoms with E-state index in [4.69, 9.17) is 0 Å². The minimum absolute atomic E-state index is 0.0519. The van der Waals surface area contributed by atoms with Gasteiger partial charge < -0.3 is 15.5 Å². The third kappa shape index (κ3) is 2.18. The smallest absolute Gasteiger partial charge is 0.270 e. The molecule has 2 fully saturated rings. The first-order valence-electron chi connectivity index (χ1n) is 7.33. The van der Waals surface area contributed by atoms with Crippen LogP contribution in [-0.4, -0.2) is 48.5 Å². The summed E-state index contributed by atoms with van der Waals surface area (Å²) in [4.78, 5) is 19.2. The molecule has 3 unspecified atom stereocenters. The number of nitrogens with one attached hydrogen (secondary N) is 2. The van der Waals surface area contributed by atoms with Gasteiger partial charge in [0, 0.05) is 43.1 Å². The van der Waals surface area contributed by atoms with Crippen molar-refractivity contribution in [3.05, 3.63) is 23.3 Å². The fraction of sp³-hybridized carbons (Fsp3) is 0.467. The van der Waals surface area contributed by atoms with Gasteiger partial charge in [0.1, 0.15) is 5.69 Å². The lowest BCUT2D eigenvalue weighted by Gasteiger charge is -2.22. The van der Waals surface area contributed by atoms with Crippen LogP contribution in [-0.2, 0) is 0 Å². The number of piperidine rings is 1. The topological polar surface area (TPSA) is 57.3 Å². The minimum atomic E-state index is -0.0519. The van der Waals surface area contributed by atoms with Crippen molar-refractivity contribution in [1.29, 1.82) is 0 Å². The predicted octanol–water partition coefficient (Wildman–Crippen LogP) is 1.77. The molecule has 0 aromatic carbocycles. The first-order chi connectivity index (χ1) is 10.2.